The van der Waals surface area contributed by atoms with Gasteiger partial charge in [0.05, 0.1) is 12.2 Å². The van der Waals surface area contributed by atoms with Crippen molar-refractivity contribution in [2.24, 2.45) is 11.8 Å². The van der Waals surface area contributed by atoms with E-state index in [-0.39, 0.29) is 30.8 Å². The van der Waals surface area contributed by atoms with Crippen molar-refractivity contribution in [3.05, 3.63) is 54.1 Å². The van der Waals surface area contributed by atoms with Crippen LogP contribution in [0.3, 0.4) is 0 Å². The molecule has 1 N–H and O–H groups in total. The fraction of sp³-hybridized carbons (Fsp3) is 0.462. The molecule has 33 heavy (non-hydrogen) atoms. The first-order valence-electron chi connectivity index (χ1n) is 11.5. The van der Waals surface area contributed by atoms with Gasteiger partial charge < -0.3 is 24.1 Å². The predicted molar refractivity (Wildman–Crippen MR) is 121 cm³/mol. The molecule has 5 atom stereocenters. The van der Waals surface area contributed by atoms with Crippen LogP contribution in [0.5, 0.6) is 11.5 Å². The molecule has 0 aromatic heterocycles. The number of aliphatic hydroxyl groups excluding tert-OH is 1. The van der Waals surface area contributed by atoms with E-state index in [2.05, 4.69) is 12.2 Å². The molecule has 7 heteroatoms. The molecular weight excluding hydrogens is 424 g/mol. The Balaban J connectivity index is 1.37. The summed E-state index contributed by atoms with van der Waals surface area (Å²) in [6, 6.07) is 5.45. The number of cyclic esters (lactones) is 1. The topological polar surface area (TPSA) is 91.3 Å². The lowest BCUT2D eigenvalue weighted by molar-refractivity contribution is -0.143. The van der Waals surface area contributed by atoms with Gasteiger partial charge in [0.25, 0.3) is 0 Å². The zero-order valence-corrected chi connectivity index (χ0v) is 18.7. The van der Waals surface area contributed by atoms with Crippen LogP contribution in [0.4, 0.5) is 0 Å². The molecule has 0 saturated heterocycles. The second kappa shape index (κ2) is 10.7. The fourth-order valence-corrected chi connectivity index (χ4v) is 4.56. The highest BCUT2D eigenvalue weighted by molar-refractivity contribution is 5.87. The molecule has 176 valence electrons. The zero-order chi connectivity index (χ0) is 23.2. The lowest BCUT2D eigenvalue weighted by atomic mass is 9.90. The number of fused-ring (bicyclic) bond motifs is 2. The van der Waals surface area contributed by atoms with E-state index in [4.69, 9.17) is 18.9 Å². The number of hydrogen-bond donors (Lipinski definition) is 1. The minimum atomic E-state index is -0.823. The Morgan fingerprint density at radius 2 is 2.03 bits per heavy atom. The summed E-state index contributed by atoms with van der Waals surface area (Å²) in [5.41, 5.74) is 0.810. The van der Waals surface area contributed by atoms with E-state index in [1.165, 1.54) is 18.2 Å². The van der Waals surface area contributed by atoms with Crippen LogP contribution >= 0.6 is 0 Å². The molecule has 4 rings (SSSR count). The van der Waals surface area contributed by atoms with Gasteiger partial charge in [-0.05, 0) is 80.7 Å². The van der Waals surface area contributed by atoms with Crippen molar-refractivity contribution < 1.29 is 33.6 Å². The number of aliphatic hydroxyl groups is 1. The van der Waals surface area contributed by atoms with Crippen LogP contribution in [0.15, 0.2) is 48.6 Å². The average Bonchev–Trinajstić information content (AvgIpc) is 3.41. The van der Waals surface area contributed by atoms with Crippen LogP contribution in [0.2, 0.25) is 0 Å². The van der Waals surface area contributed by atoms with Crippen molar-refractivity contribution in [1.82, 2.24) is 0 Å². The van der Waals surface area contributed by atoms with E-state index in [9.17, 15) is 14.7 Å². The molecule has 0 unspecified atom stereocenters. The average molecular weight is 455 g/mol. The highest BCUT2D eigenvalue weighted by atomic mass is 16.7. The minimum Gasteiger partial charge on any atom is -0.460 e. The van der Waals surface area contributed by atoms with Crippen LogP contribution in [0, 0.1) is 11.8 Å². The Morgan fingerprint density at radius 3 is 2.91 bits per heavy atom. The zero-order valence-electron chi connectivity index (χ0n) is 18.7. The molecule has 0 spiro atoms. The van der Waals surface area contributed by atoms with Gasteiger partial charge in [0.15, 0.2) is 11.5 Å². The summed E-state index contributed by atoms with van der Waals surface area (Å²) >= 11 is 0. The number of carbonyl (C=O) groups is 2. The molecule has 0 amide bonds. The number of rotatable bonds is 3. The summed E-state index contributed by atoms with van der Waals surface area (Å²) in [6.07, 6.45) is 12.5. The van der Waals surface area contributed by atoms with Crippen molar-refractivity contribution in [2.75, 3.05) is 6.79 Å². The summed E-state index contributed by atoms with van der Waals surface area (Å²) in [5.74, 6) is 0.387. The van der Waals surface area contributed by atoms with Gasteiger partial charge in [0.2, 0.25) is 6.79 Å². The summed E-state index contributed by atoms with van der Waals surface area (Å²) in [7, 11) is 0. The van der Waals surface area contributed by atoms with Crippen LogP contribution < -0.4 is 9.47 Å². The molecule has 0 radical (unpaired) electrons. The van der Waals surface area contributed by atoms with Gasteiger partial charge in [-0.3, -0.25) is 0 Å². The van der Waals surface area contributed by atoms with E-state index in [0.717, 1.165) is 24.8 Å². The van der Waals surface area contributed by atoms with Crippen LogP contribution in [-0.2, 0) is 19.1 Å². The molecular formula is C26H30O7. The highest BCUT2D eigenvalue weighted by Crippen LogP contribution is 2.38. The van der Waals surface area contributed by atoms with E-state index in [1.807, 2.05) is 19.1 Å². The van der Waals surface area contributed by atoms with E-state index < -0.39 is 18.0 Å². The Labute approximate surface area is 193 Å². The number of ether oxygens (including phenoxy) is 4. The maximum Gasteiger partial charge on any atom is 0.331 e. The summed E-state index contributed by atoms with van der Waals surface area (Å²) < 4.78 is 21.7. The normalized spacial score (nSPS) is 31.6. The van der Waals surface area contributed by atoms with Crippen molar-refractivity contribution >= 4 is 18.0 Å². The van der Waals surface area contributed by atoms with Crippen LogP contribution in [0.25, 0.3) is 6.08 Å². The molecule has 2 aliphatic heterocycles. The van der Waals surface area contributed by atoms with Gasteiger partial charge in [-0.1, -0.05) is 18.2 Å². The third kappa shape index (κ3) is 6.26. The molecule has 3 aliphatic rings. The summed E-state index contributed by atoms with van der Waals surface area (Å²) in [4.78, 5) is 24.4. The predicted octanol–water partition coefficient (Wildman–Crippen LogP) is 3.96. The van der Waals surface area contributed by atoms with E-state index in [0.29, 0.717) is 24.3 Å². The maximum atomic E-state index is 12.4. The molecule has 1 aromatic carbocycles. The Hall–Kier alpha value is -3.06. The monoisotopic (exact) mass is 454 g/mol. The smallest absolute Gasteiger partial charge is 0.331 e. The fourth-order valence-electron chi connectivity index (χ4n) is 4.56. The van der Waals surface area contributed by atoms with Crippen molar-refractivity contribution in [3.8, 4) is 11.5 Å². The molecule has 1 fully saturated rings. The summed E-state index contributed by atoms with van der Waals surface area (Å²) in [6.45, 7) is 2.07. The number of benzene rings is 1. The third-order valence-electron chi connectivity index (χ3n) is 6.26. The molecule has 1 aromatic rings. The number of hydrogen-bond acceptors (Lipinski definition) is 7. The third-order valence-corrected chi connectivity index (χ3v) is 6.26. The van der Waals surface area contributed by atoms with Gasteiger partial charge >= 0.3 is 11.9 Å². The largest absolute Gasteiger partial charge is 0.460 e. The quantitative estimate of drug-likeness (QED) is 0.420. The van der Waals surface area contributed by atoms with Crippen molar-refractivity contribution in [3.63, 3.8) is 0 Å². The molecule has 1 saturated carbocycles. The van der Waals surface area contributed by atoms with Crippen molar-refractivity contribution in [1.29, 1.82) is 0 Å². The Kier molecular flexibility index (Phi) is 7.50. The first-order chi connectivity index (χ1) is 16.0. The van der Waals surface area contributed by atoms with Gasteiger partial charge in [-0.15, -0.1) is 0 Å². The summed E-state index contributed by atoms with van der Waals surface area (Å²) in [5, 5.41) is 10.7. The second-order valence-corrected chi connectivity index (χ2v) is 8.76. The molecule has 7 nitrogen and oxygen atoms in total. The first kappa shape index (κ1) is 23.1. The van der Waals surface area contributed by atoms with E-state index in [1.54, 1.807) is 12.1 Å². The van der Waals surface area contributed by atoms with Crippen LogP contribution in [0.1, 0.15) is 44.6 Å². The van der Waals surface area contributed by atoms with Crippen LogP contribution in [-0.4, -0.2) is 42.1 Å². The maximum absolute atomic E-state index is 12.4. The molecule has 0 bridgehead atoms. The van der Waals surface area contributed by atoms with Crippen molar-refractivity contribution in [2.45, 2.75) is 57.3 Å². The number of allylic oxidation sites excluding steroid dienone is 2. The Bertz CT molecular complexity index is 948. The lowest BCUT2D eigenvalue weighted by Crippen LogP contribution is -2.22. The minimum absolute atomic E-state index is 0.0643. The number of esters is 2. The first-order valence-corrected chi connectivity index (χ1v) is 11.5. The standard InChI is InChI=1S/C26H30O7/c1-17-5-3-2-4-6-19-14-20(15-21(19)22(27)9-12-25(28)32-17)33-26(29)11-8-18-7-10-23-24(13-18)31-16-30-23/h4,6-13,17,19-22,27H,2-3,5,14-16H2,1H3/b6-4+,11-8+,12-9+/t17-,19+,20-,21+,22+/m0/s1. The highest BCUT2D eigenvalue weighted by Gasteiger charge is 2.38. The lowest BCUT2D eigenvalue weighted by Gasteiger charge is -2.19. The SMILES string of the molecule is C[C@H]1CCC/C=C/[C@@H]2C[C@H](OC(=O)/C=C/c3ccc4c(c3)OCO4)C[C@H]2[C@H](O)/C=C/C(=O)O1. The molecule has 1 aliphatic carbocycles. The number of carbonyl (C=O) groups excluding carboxylic acids is 2. The Morgan fingerprint density at radius 1 is 1.18 bits per heavy atom. The van der Waals surface area contributed by atoms with Gasteiger partial charge in [0.1, 0.15) is 6.10 Å². The second-order valence-electron chi connectivity index (χ2n) is 8.76. The van der Waals surface area contributed by atoms with E-state index >= 15 is 0 Å². The van der Waals surface area contributed by atoms with Gasteiger partial charge in [-0.2, -0.15) is 0 Å². The van der Waals surface area contributed by atoms with Gasteiger partial charge in [0, 0.05) is 12.2 Å². The van der Waals surface area contributed by atoms with Gasteiger partial charge in [-0.25, -0.2) is 9.59 Å². The molecule has 2 heterocycles.